The van der Waals surface area contributed by atoms with Gasteiger partial charge in [0.15, 0.2) is 8.42 Å². The summed E-state index contributed by atoms with van der Waals surface area (Å²) >= 11 is 2.22. The largest absolute Gasteiger partial charge is 0.349 e. The van der Waals surface area contributed by atoms with Crippen LogP contribution in [0.15, 0.2) is 91.6 Å². The van der Waals surface area contributed by atoms with Crippen molar-refractivity contribution in [2.24, 2.45) is 11.8 Å². The summed E-state index contributed by atoms with van der Waals surface area (Å²) in [5.41, 5.74) is 5.72. The molecule has 0 aliphatic rings. The van der Waals surface area contributed by atoms with E-state index in [1.165, 1.54) is 31.6 Å². The lowest BCUT2D eigenvalue weighted by Gasteiger charge is -2.17. The smallest absolute Gasteiger partial charge is 0.273 e. The Morgan fingerprint density at radius 3 is 1.24 bits per heavy atom. The maximum absolute atomic E-state index is 13.2. The fourth-order valence-electron chi connectivity index (χ4n) is 8.06. The molecule has 0 saturated heterocycles. The molecule has 0 spiro atoms. The van der Waals surface area contributed by atoms with Crippen molar-refractivity contribution in [1.29, 1.82) is 0 Å². The van der Waals surface area contributed by atoms with E-state index in [0.29, 0.717) is 88.2 Å². The van der Waals surface area contributed by atoms with Crippen LogP contribution in [0.4, 0.5) is 11.4 Å². The Labute approximate surface area is 436 Å². The molecule has 0 fully saturated rings. The number of anilines is 2. The molecule has 2 amide bonds. The number of amides is 2. The monoisotopic (exact) mass is 1080 g/mol. The lowest BCUT2D eigenvalue weighted by Crippen LogP contribution is -2.33. The molecule has 0 aliphatic carbocycles. The van der Waals surface area contributed by atoms with Gasteiger partial charge in [0.2, 0.25) is 11.8 Å². The number of aryl methyl sites for hydroxylation is 6. The zero-order chi connectivity index (χ0) is 54.1. The predicted molar refractivity (Wildman–Crippen MR) is 288 cm³/mol. The SMILES string of the molecule is Cc1nc(C)c(S(=O)(=O)Nc2cc(-c3ccc4ncn(C[C@@H](C)C(=O)N(C)C)c(=O)c4c3)cnc2C)s1.Cc1nc(C)c(S(=O)(=O)Nc2cc(-c3ccc4ncn(C[C@H](C)C(=O)N(C)C)c(=O)c4c3)cnc2C)s1. The van der Waals surface area contributed by atoms with E-state index in [2.05, 4.69) is 39.3 Å². The topological polar surface area (TPSA) is 254 Å². The van der Waals surface area contributed by atoms with Crippen molar-refractivity contribution in [1.82, 2.24) is 48.8 Å². The molecule has 6 heterocycles. The summed E-state index contributed by atoms with van der Waals surface area (Å²) in [4.78, 5) is 79.9. The molecule has 20 nitrogen and oxygen atoms in total. The van der Waals surface area contributed by atoms with Gasteiger partial charge in [-0.25, -0.2) is 36.8 Å². The number of hydrogen-bond donors (Lipinski definition) is 2. The minimum absolute atomic E-state index is 0.0786. The molecular formula is C50H56N12O8S4. The van der Waals surface area contributed by atoms with Crippen LogP contribution in [0.1, 0.15) is 46.6 Å². The number of benzene rings is 2. The Hall–Kier alpha value is -7.28. The number of carbonyl (C=O) groups is 2. The van der Waals surface area contributed by atoms with E-state index in [0.717, 1.165) is 22.7 Å². The highest BCUT2D eigenvalue weighted by Crippen LogP contribution is 2.32. The van der Waals surface area contributed by atoms with Gasteiger partial charge < -0.3 is 9.80 Å². The molecule has 0 unspecified atom stereocenters. The van der Waals surface area contributed by atoms with Gasteiger partial charge in [-0.2, -0.15) is 0 Å². The van der Waals surface area contributed by atoms with Gasteiger partial charge >= 0.3 is 0 Å². The molecule has 8 rings (SSSR count). The first-order chi connectivity index (χ1) is 34.7. The molecule has 0 bridgehead atoms. The van der Waals surface area contributed by atoms with Crippen LogP contribution in [0, 0.1) is 53.4 Å². The molecule has 388 valence electrons. The van der Waals surface area contributed by atoms with Crippen LogP contribution >= 0.6 is 22.7 Å². The number of hydrogen-bond acceptors (Lipinski definition) is 16. The van der Waals surface area contributed by atoms with E-state index >= 15 is 0 Å². The van der Waals surface area contributed by atoms with Crippen LogP contribution < -0.4 is 20.6 Å². The maximum Gasteiger partial charge on any atom is 0.273 e. The lowest BCUT2D eigenvalue weighted by molar-refractivity contribution is -0.133. The van der Waals surface area contributed by atoms with Gasteiger partial charge in [-0.05, 0) is 89.1 Å². The van der Waals surface area contributed by atoms with Gasteiger partial charge in [0, 0.05) is 64.8 Å². The fourth-order valence-corrected chi connectivity index (χ4v) is 13.2. The number of carbonyl (C=O) groups excluding carboxylic acids is 2. The molecule has 2 N–H and O–H groups in total. The number of pyridine rings is 2. The minimum Gasteiger partial charge on any atom is -0.349 e. The zero-order valence-electron chi connectivity index (χ0n) is 42.9. The second kappa shape index (κ2) is 21.7. The third-order valence-corrected chi connectivity index (χ3v) is 17.9. The van der Waals surface area contributed by atoms with E-state index in [-0.39, 0.29) is 44.4 Å². The average molecular weight is 1080 g/mol. The Morgan fingerprint density at radius 1 is 0.554 bits per heavy atom. The third-order valence-electron chi connectivity index (χ3n) is 11.9. The van der Waals surface area contributed by atoms with Crippen molar-refractivity contribution < 1.29 is 26.4 Å². The summed E-state index contributed by atoms with van der Waals surface area (Å²) in [5, 5.41) is 2.11. The van der Waals surface area contributed by atoms with E-state index in [4.69, 9.17) is 0 Å². The molecule has 8 aromatic rings. The van der Waals surface area contributed by atoms with Gasteiger partial charge in [0.05, 0.1) is 90.5 Å². The summed E-state index contributed by atoms with van der Waals surface area (Å²) in [6.45, 7) is 14.2. The van der Waals surface area contributed by atoms with E-state index in [1.54, 1.807) is 145 Å². The van der Waals surface area contributed by atoms with Gasteiger partial charge in [-0.15, -0.1) is 22.7 Å². The number of rotatable bonds is 14. The average Bonchev–Trinajstić information content (AvgIpc) is 3.90. The first-order valence-corrected chi connectivity index (χ1v) is 27.6. The first-order valence-electron chi connectivity index (χ1n) is 23.0. The van der Waals surface area contributed by atoms with Gasteiger partial charge in [-0.3, -0.25) is 47.7 Å². The molecular weight excluding hydrogens is 1020 g/mol. The van der Waals surface area contributed by atoms with E-state index in [9.17, 15) is 36.0 Å². The summed E-state index contributed by atoms with van der Waals surface area (Å²) in [6.07, 6.45) is 6.16. The number of thiazole rings is 2. The zero-order valence-corrected chi connectivity index (χ0v) is 46.1. The fraction of sp³-hybridized carbons (Fsp3) is 0.320. The standard InChI is InChI=1S/2C25H28N6O4S2/c2*1-14(23(32)30(5)6)12-31-13-27-21-8-7-18(9-20(21)24(31)33)19-10-22(15(2)26-11-19)29-37(34,35)25-16(3)28-17(4)36-25/h2*7-11,13-14,29H,12H2,1-6H3/t2*14-/m10/s1. The van der Waals surface area contributed by atoms with Crippen molar-refractivity contribution in [3.8, 4) is 22.3 Å². The summed E-state index contributed by atoms with van der Waals surface area (Å²) in [5.74, 6) is -0.939. The van der Waals surface area contributed by atoms with E-state index < -0.39 is 31.9 Å². The number of nitrogens with one attached hydrogen (secondary N) is 2. The number of sulfonamides is 2. The normalized spacial score (nSPS) is 12.5. The second-order valence-electron chi connectivity index (χ2n) is 18.3. The number of nitrogens with zero attached hydrogens (tertiary/aromatic N) is 10. The van der Waals surface area contributed by atoms with Crippen molar-refractivity contribution in [3.63, 3.8) is 0 Å². The third kappa shape index (κ3) is 11.9. The lowest BCUT2D eigenvalue weighted by atomic mass is 10.0. The molecule has 2 aromatic carbocycles. The van der Waals surface area contributed by atoms with Crippen LogP contribution in [0.3, 0.4) is 0 Å². The van der Waals surface area contributed by atoms with Crippen molar-refractivity contribution in [2.45, 2.75) is 76.9 Å². The number of aromatic nitrogens is 8. The highest BCUT2D eigenvalue weighted by Gasteiger charge is 2.25. The van der Waals surface area contributed by atoms with Crippen molar-refractivity contribution in [2.75, 3.05) is 37.6 Å². The summed E-state index contributed by atoms with van der Waals surface area (Å²) in [7, 11) is -0.983. The molecule has 6 aromatic heterocycles. The maximum atomic E-state index is 13.2. The molecule has 74 heavy (non-hydrogen) atoms. The molecule has 0 saturated carbocycles. The van der Waals surface area contributed by atoms with Crippen LogP contribution in [0.5, 0.6) is 0 Å². The van der Waals surface area contributed by atoms with E-state index in [1.807, 2.05) is 0 Å². The molecule has 2 atom stereocenters. The van der Waals surface area contributed by atoms with Crippen molar-refractivity contribution >= 4 is 87.7 Å². The highest BCUT2D eigenvalue weighted by atomic mass is 32.3. The van der Waals surface area contributed by atoms with Gasteiger partial charge in [-0.1, -0.05) is 26.0 Å². The predicted octanol–water partition coefficient (Wildman–Crippen LogP) is 6.73. The number of fused-ring (bicyclic) bond motifs is 2. The Morgan fingerprint density at radius 2 is 0.919 bits per heavy atom. The van der Waals surface area contributed by atoms with Crippen LogP contribution in [0.25, 0.3) is 44.1 Å². The first kappa shape index (κ1) is 54.5. The van der Waals surface area contributed by atoms with Crippen LogP contribution in [-0.4, -0.2) is 106 Å². The van der Waals surface area contributed by atoms with Crippen molar-refractivity contribution in [3.05, 3.63) is 127 Å². The second-order valence-corrected chi connectivity index (χ2v) is 24.4. The van der Waals surface area contributed by atoms with Crippen LogP contribution in [-0.2, 0) is 42.7 Å². The van der Waals surface area contributed by atoms with Crippen LogP contribution in [0.2, 0.25) is 0 Å². The summed E-state index contributed by atoms with van der Waals surface area (Å²) < 4.78 is 60.5. The molecule has 0 aliphatic heterocycles. The highest BCUT2D eigenvalue weighted by molar-refractivity contribution is 7.95. The molecule has 24 heteroatoms. The minimum atomic E-state index is -3.84. The van der Waals surface area contributed by atoms with Gasteiger partial charge in [0.25, 0.3) is 31.2 Å². The van der Waals surface area contributed by atoms with Gasteiger partial charge in [0.1, 0.15) is 0 Å². The Kier molecular flexibility index (Phi) is 16.0. The quantitative estimate of drug-likeness (QED) is 0.115. The Balaban J connectivity index is 0.000000216. The summed E-state index contributed by atoms with van der Waals surface area (Å²) in [6, 6.07) is 13.9. The molecule has 0 radical (unpaired) electrons. The Bertz CT molecular complexity index is 3600.